The van der Waals surface area contributed by atoms with Crippen molar-refractivity contribution in [2.24, 2.45) is 5.92 Å². The average Bonchev–Trinajstić information content (AvgIpc) is 3.03. The van der Waals surface area contributed by atoms with Crippen molar-refractivity contribution in [3.8, 4) is 0 Å². The van der Waals surface area contributed by atoms with Crippen LogP contribution in [0.1, 0.15) is 6.42 Å². The molecule has 1 aliphatic rings. The minimum atomic E-state index is -0.403. The lowest BCUT2D eigenvalue weighted by Crippen LogP contribution is -2.22. The van der Waals surface area contributed by atoms with Crippen LogP contribution < -0.4 is 10.2 Å². The molecule has 0 unspecified atom stereocenters. The molecule has 2 aromatic rings. The number of nitrogens with one attached hydrogen (secondary N) is 1. The Morgan fingerprint density at radius 1 is 1.27 bits per heavy atom. The van der Waals surface area contributed by atoms with Gasteiger partial charge >= 0.3 is 5.69 Å². The summed E-state index contributed by atoms with van der Waals surface area (Å²) in [7, 11) is 0. The van der Waals surface area contributed by atoms with Gasteiger partial charge < -0.3 is 10.2 Å². The number of para-hydroxylation sites is 1. The van der Waals surface area contributed by atoms with Crippen molar-refractivity contribution in [2.45, 2.75) is 6.42 Å². The van der Waals surface area contributed by atoms with Crippen LogP contribution in [0.4, 0.5) is 17.2 Å². The van der Waals surface area contributed by atoms with Crippen molar-refractivity contribution in [1.29, 1.82) is 0 Å². The number of nitrogens with zero attached hydrogens (tertiary/aromatic N) is 3. The van der Waals surface area contributed by atoms with Gasteiger partial charge in [0.15, 0.2) is 0 Å². The molecule has 0 radical (unpaired) electrons. The molecule has 0 amide bonds. The molecule has 1 aromatic carbocycles. The molecular formula is C16H18N4O2. The number of rotatable bonds is 5. The molecule has 1 aliphatic heterocycles. The maximum atomic E-state index is 11.0. The molecule has 22 heavy (non-hydrogen) atoms. The minimum Gasteiger partial charge on any atom is -0.371 e. The number of nitro groups is 1. The van der Waals surface area contributed by atoms with Crippen LogP contribution in [0.2, 0.25) is 0 Å². The van der Waals surface area contributed by atoms with Gasteiger partial charge in [0.05, 0.1) is 4.92 Å². The molecule has 6 nitrogen and oxygen atoms in total. The molecule has 6 heteroatoms. The lowest BCUT2D eigenvalue weighted by atomic mass is 10.1. The van der Waals surface area contributed by atoms with Gasteiger partial charge in [0.1, 0.15) is 0 Å². The fourth-order valence-electron chi connectivity index (χ4n) is 2.79. The summed E-state index contributed by atoms with van der Waals surface area (Å²) < 4.78 is 0. The molecule has 1 saturated heterocycles. The average molecular weight is 298 g/mol. The van der Waals surface area contributed by atoms with Crippen LogP contribution >= 0.6 is 0 Å². The van der Waals surface area contributed by atoms with E-state index in [-0.39, 0.29) is 5.69 Å². The topological polar surface area (TPSA) is 71.3 Å². The Bertz CT molecular complexity index is 648. The fraction of sp³-hybridized carbons (Fsp3) is 0.312. The molecule has 0 bridgehead atoms. The van der Waals surface area contributed by atoms with Gasteiger partial charge in [0.2, 0.25) is 5.82 Å². The van der Waals surface area contributed by atoms with Crippen LogP contribution in [0.5, 0.6) is 0 Å². The highest BCUT2D eigenvalue weighted by molar-refractivity contribution is 5.55. The van der Waals surface area contributed by atoms with E-state index in [0.717, 1.165) is 19.5 Å². The Hall–Kier alpha value is -2.63. The molecule has 1 aromatic heterocycles. The third-order valence-electron chi connectivity index (χ3n) is 3.95. The monoisotopic (exact) mass is 298 g/mol. The number of hydrogen-bond donors (Lipinski definition) is 1. The van der Waals surface area contributed by atoms with Gasteiger partial charge in [-0.3, -0.25) is 10.1 Å². The third kappa shape index (κ3) is 3.16. The minimum absolute atomic E-state index is 0.0282. The quantitative estimate of drug-likeness (QED) is 0.679. The molecule has 114 valence electrons. The van der Waals surface area contributed by atoms with Crippen molar-refractivity contribution >= 4 is 17.2 Å². The Morgan fingerprint density at radius 2 is 2.09 bits per heavy atom. The molecule has 0 spiro atoms. The molecule has 3 rings (SSSR count). The second-order valence-corrected chi connectivity index (χ2v) is 5.45. The lowest BCUT2D eigenvalue weighted by molar-refractivity contribution is -0.384. The number of pyridine rings is 1. The van der Waals surface area contributed by atoms with Crippen LogP contribution in [-0.4, -0.2) is 29.5 Å². The zero-order chi connectivity index (χ0) is 15.4. The number of anilines is 2. The van der Waals surface area contributed by atoms with E-state index in [2.05, 4.69) is 27.3 Å². The van der Waals surface area contributed by atoms with E-state index in [1.807, 2.05) is 18.2 Å². The number of aromatic nitrogens is 1. The van der Waals surface area contributed by atoms with E-state index in [1.54, 1.807) is 12.3 Å². The van der Waals surface area contributed by atoms with Gasteiger partial charge in [-0.05, 0) is 30.5 Å². The third-order valence-corrected chi connectivity index (χ3v) is 3.95. The van der Waals surface area contributed by atoms with Gasteiger partial charge in [-0.1, -0.05) is 18.2 Å². The summed E-state index contributed by atoms with van der Waals surface area (Å²) in [5.41, 5.74) is 1.26. The van der Waals surface area contributed by atoms with Crippen LogP contribution in [0.15, 0.2) is 48.7 Å². The number of benzene rings is 1. The molecule has 0 aliphatic carbocycles. The zero-order valence-electron chi connectivity index (χ0n) is 12.2. The molecule has 1 fully saturated rings. The van der Waals surface area contributed by atoms with Gasteiger partial charge in [-0.15, -0.1) is 0 Å². The smallest absolute Gasteiger partial charge is 0.311 e. The first-order valence-corrected chi connectivity index (χ1v) is 7.37. The predicted octanol–water partition coefficient (Wildman–Crippen LogP) is 2.93. The van der Waals surface area contributed by atoms with Crippen molar-refractivity contribution in [1.82, 2.24) is 4.98 Å². The van der Waals surface area contributed by atoms with E-state index in [0.29, 0.717) is 18.3 Å². The van der Waals surface area contributed by atoms with Crippen molar-refractivity contribution in [3.63, 3.8) is 0 Å². The summed E-state index contributed by atoms with van der Waals surface area (Å²) in [6.45, 7) is 2.67. The highest BCUT2D eigenvalue weighted by Crippen LogP contribution is 2.25. The van der Waals surface area contributed by atoms with Gasteiger partial charge in [-0.2, -0.15) is 0 Å². The maximum absolute atomic E-state index is 11.0. The highest BCUT2D eigenvalue weighted by atomic mass is 16.6. The van der Waals surface area contributed by atoms with Gasteiger partial charge in [-0.25, -0.2) is 4.98 Å². The summed E-state index contributed by atoms with van der Waals surface area (Å²) in [5.74, 6) is 0.812. The summed E-state index contributed by atoms with van der Waals surface area (Å²) >= 11 is 0. The molecule has 1 atom stereocenters. The van der Waals surface area contributed by atoms with Crippen LogP contribution in [0.25, 0.3) is 0 Å². The van der Waals surface area contributed by atoms with Crippen molar-refractivity contribution in [3.05, 3.63) is 58.8 Å². The second-order valence-electron chi connectivity index (χ2n) is 5.45. The number of hydrogen-bond acceptors (Lipinski definition) is 5. The first-order chi connectivity index (χ1) is 10.7. The summed E-state index contributed by atoms with van der Waals surface area (Å²) in [5, 5.41) is 14.1. The summed E-state index contributed by atoms with van der Waals surface area (Å²) in [6, 6.07) is 13.4. The van der Waals surface area contributed by atoms with E-state index >= 15 is 0 Å². The molecule has 1 N–H and O–H groups in total. The Morgan fingerprint density at radius 3 is 2.86 bits per heavy atom. The van der Waals surface area contributed by atoms with Crippen molar-refractivity contribution in [2.75, 3.05) is 29.9 Å². The van der Waals surface area contributed by atoms with E-state index in [1.165, 1.54) is 11.8 Å². The van der Waals surface area contributed by atoms with Crippen LogP contribution in [0, 0.1) is 16.0 Å². The van der Waals surface area contributed by atoms with Crippen LogP contribution in [-0.2, 0) is 0 Å². The van der Waals surface area contributed by atoms with E-state index in [9.17, 15) is 10.1 Å². The second kappa shape index (κ2) is 6.43. The Labute approximate surface area is 128 Å². The van der Waals surface area contributed by atoms with E-state index < -0.39 is 4.92 Å². The molecule has 0 saturated carbocycles. The van der Waals surface area contributed by atoms with Crippen molar-refractivity contribution < 1.29 is 4.92 Å². The normalized spacial score (nSPS) is 17.5. The Kier molecular flexibility index (Phi) is 4.18. The molecular weight excluding hydrogens is 280 g/mol. The van der Waals surface area contributed by atoms with Gasteiger partial charge in [0.25, 0.3) is 0 Å². The first kappa shape index (κ1) is 14.3. The lowest BCUT2D eigenvalue weighted by Gasteiger charge is -2.18. The SMILES string of the molecule is O=[N+]([O-])c1cccnc1NC[C@H]1CCN(c2ccccc2)C1. The van der Waals surface area contributed by atoms with Crippen LogP contribution in [0.3, 0.4) is 0 Å². The fourth-order valence-corrected chi connectivity index (χ4v) is 2.79. The Balaban J connectivity index is 1.59. The predicted molar refractivity (Wildman–Crippen MR) is 86.1 cm³/mol. The molecule has 2 heterocycles. The summed E-state index contributed by atoms with van der Waals surface area (Å²) in [6.07, 6.45) is 2.64. The summed E-state index contributed by atoms with van der Waals surface area (Å²) in [4.78, 5) is 17.0. The zero-order valence-corrected chi connectivity index (χ0v) is 12.2. The standard InChI is InChI=1S/C16H18N4O2/c21-20(22)15-7-4-9-17-16(15)18-11-13-8-10-19(12-13)14-5-2-1-3-6-14/h1-7,9,13H,8,10-12H2,(H,17,18)/t13-/m1/s1. The first-order valence-electron chi connectivity index (χ1n) is 7.37. The van der Waals surface area contributed by atoms with Gasteiger partial charge in [0, 0.05) is 37.6 Å². The highest BCUT2D eigenvalue weighted by Gasteiger charge is 2.23. The maximum Gasteiger partial charge on any atom is 0.311 e. The van der Waals surface area contributed by atoms with E-state index in [4.69, 9.17) is 0 Å². The largest absolute Gasteiger partial charge is 0.371 e.